The van der Waals surface area contributed by atoms with Crippen molar-refractivity contribution in [2.24, 2.45) is 0 Å². The lowest BCUT2D eigenvalue weighted by Crippen LogP contribution is -1.99. The summed E-state index contributed by atoms with van der Waals surface area (Å²) < 4.78 is 16.5. The molecule has 1 aromatic carbocycles. The molecule has 0 amide bonds. The lowest BCUT2D eigenvalue weighted by molar-refractivity contribution is 0.350. The molecular weight excluding hydrogens is 312 g/mol. The van der Waals surface area contributed by atoms with Gasteiger partial charge >= 0.3 is 0 Å². The summed E-state index contributed by atoms with van der Waals surface area (Å²) in [6, 6.07) is 3.62. The second-order valence-corrected chi connectivity index (χ2v) is 4.77. The molecule has 0 saturated heterocycles. The lowest BCUT2D eigenvalue weighted by atomic mass is 10.0. The van der Waals surface area contributed by atoms with Crippen LogP contribution in [0, 0.1) is 0 Å². The third kappa shape index (κ3) is 2.40. The molecule has 6 heteroatoms. The Hall–Kier alpha value is -1.69. The van der Waals surface area contributed by atoms with Gasteiger partial charge in [0.1, 0.15) is 5.69 Å². The number of nitrogen functional groups attached to an aromatic ring is 1. The standard InChI is InChI=1S/C13H15BrN2O3/c1-4-7-8(10-6-11(15)19-16-10)5-9(14)13(18-3)12(7)17-2/h5-6H,4,15H2,1-3H3. The van der Waals surface area contributed by atoms with E-state index in [0.717, 1.165) is 22.0 Å². The van der Waals surface area contributed by atoms with Crippen LogP contribution in [0.2, 0.25) is 0 Å². The van der Waals surface area contributed by atoms with Crippen molar-refractivity contribution in [2.45, 2.75) is 13.3 Å². The predicted octanol–water partition coefficient (Wildman–Crippen LogP) is 3.27. The molecule has 0 bridgehead atoms. The Labute approximate surface area is 119 Å². The number of rotatable bonds is 4. The summed E-state index contributed by atoms with van der Waals surface area (Å²) in [6.45, 7) is 2.04. The third-order valence-corrected chi connectivity index (χ3v) is 3.45. The number of ether oxygens (including phenoxy) is 2. The van der Waals surface area contributed by atoms with Gasteiger partial charge < -0.3 is 19.7 Å². The van der Waals surface area contributed by atoms with Crippen molar-refractivity contribution in [3.05, 3.63) is 22.2 Å². The molecule has 0 aliphatic heterocycles. The predicted molar refractivity (Wildman–Crippen MR) is 76.5 cm³/mol. The maximum atomic E-state index is 5.58. The van der Waals surface area contributed by atoms with E-state index in [0.29, 0.717) is 17.2 Å². The maximum absolute atomic E-state index is 5.58. The number of anilines is 1. The quantitative estimate of drug-likeness (QED) is 0.933. The summed E-state index contributed by atoms with van der Waals surface area (Å²) in [6.07, 6.45) is 0.773. The van der Waals surface area contributed by atoms with Crippen LogP contribution in [-0.2, 0) is 6.42 Å². The molecule has 1 aromatic heterocycles. The van der Waals surface area contributed by atoms with E-state index in [2.05, 4.69) is 21.1 Å². The summed E-state index contributed by atoms with van der Waals surface area (Å²) in [4.78, 5) is 0. The van der Waals surface area contributed by atoms with Gasteiger partial charge in [-0.1, -0.05) is 12.1 Å². The first kappa shape index (κ1) is 13.7. The first-order valence-electron chi connectivity index (χ1n) is 5.78. The number of hydrogen-bond donors (Lipinski definition) is 1. The van der Waals surface area contributed by atoms with Crippen molar-refractivity contribution in [1.29, 1.82) is 0 Å². The molecule has 0 fully saturated rings. The first-order valence-corrected chi connectivity index (χ1v) is 6.57. The van der Waals surface area contributed by atoms with Crippen molar-refractivity contribution in [2.75, 3.05) is 20.0 Å². The van der Waals surface area contributed by atoms with Crippen molar-refractivity contribution < 1.29 is 14.0 Å². The largest absolute Gasteiger partial charge is 0.493 e. The molecule has 0 atom stereocenters. The maximum Gasteiger partial charge on any atom is 0.222 e. The van der Waals surface area contributed by atoms with Crippen molar-refractivity contribution in [3.8, 4) is 22.8 Å². The van der Waals surface area contributed by atoms with E-state index in [1.807, 2.05) is 13.0 Å². The van der Waals surface area contributed by atoms with Gasteiger partial charge in [0, 0.05) is 17.2 Å². The lowest BCUT2D eigenvalue weighted by Gasteiger charge is -2.16. The van der Waals surface area contributed by atoms with Crippen molar-refractivity contribution in [1.82, 2.24) is 5.16 Å². The number of methoxy groups -OCH3 is 2. The van der Waals surface area contributed by atoms with Gasteiger partial charge in [0.15, 0.2) is 11.5 Å². The number of nitrogens with two attached hydrogens (primary N) is 1. The summed E-state index contributed by atoms with van der Waals surface area (Å²) in [5.41, 5.74) is 8.16. The van der Waals surface area contributed by atoms with Gasteiger partial charge in [0.05, 0.1) is 18.7 Å². The fourth-order valence-electron chi connectivity index (χ4n) is 2.05. The average molecular weight is 327 g/mol. The Bertz CT molecular complexity index is 596. The highest BCUT2D eigenvalue weighted by Crippen LogP contribution is 2.43. The summed E-state index contributed by atoms with van der Waals surface area (Å²) in [5, 5.41) is 3.95. The van der Waals surface area contributed by atoms with E-state index >= 15 is 0 Å². The minimum absolute atomic E-state index is 0.281. The molecule has 1 heterocycles. The summed E-state index contributed by atoms with van der Waals surface area (Å²) in [5.74, 6) is 1.64. The molecule has 0 spiro atoms. The second-order valence-electron chi connectivity index (χ2n) is 3.92. The van der Waals surface area contributed by atoms with Crippen LogP contribution in [0.5, 0.6) is 11.5 Å². The average Bonchev–Trinajstić information content (AvgIpc) is 2.83. The van der Waals surface area contributed by atoms with Crippen LogP contribution in [0.15, 0.2) is 21.1 Å². The number of aromatic nitrogens is 1. The molecule has 5 nitrogen and oxygen atoms in total. The van der Waals surface area contributed by atoms with E-state index in [1.54, 1.807) is 20.3 Å². The molecule has 102 valence electrons. The number of hydrogen-bond acceptors (Lipinski definition) is 5. The van der Waals surface area contributed by atoms with Crippen LogP contribution in [0.3, 0.4) is 0 Å². The molecule has 0 aliphatic rings. The smallest absolute Gasteiger partial charge is 0.222 e. The molecule has 19 heavy (non-hydrogen) atoms. The van der Waals surface area contributed by atoms with Gasteiger partial charge in [-0.3, -0.25) is 0 Å². The van der Waals surface area contributed by atoms with Gasteiger partial charge in [-0.05, 0) is 28.4 Å². The van der Waals surface area contributed by atoms with E-state index in [1.165, 1.54) is 0 Å². The normalized spacial score (nSPS) is 10.5. The highest BCUT2D eigenvalue weighted by Gasteiger charge is 2.20. The fraction of sp³-hybridized carbons (Fsp3) is 0.308. The molecule has 0 unspecified atom stereocenters. The first-order chi connectivity index (χ1) is 9.12. The number of halogens is 1. The Kier molecular flexibility index (Phi) is 3.99. The SMILES string of the molecule is CCc1c(-c2cc(N)on2)cc(Br)c(OC)c1OC. The van der Waals surface area contributed by atoms with E-state index in [9.17, 15) is 0 Å². The number of nitrogens with zero attached hydrogens (tertiary/aromatic N) is 1. The Morgan fingerprint density at radius 3 is 2.42 bits per heavy atom. The fourth-order valence-corrected chi connectivity index (χ4v) is 2.62. The van der Waals surface area contributed by atoms with Gasteiger partial charge in [-0.2, -0.15) is 0 Å². The van der Waals surface area contributed by atoms with Crippen LogP contribution in [0.1, 0.15) is 12.5 Å². The highest BCUT2D eigenvalue weighted by molar-refractivity contribution is 9.10. The summed E-state index contributed by atoms with van der Waals surface area (Å²) >= 11 is 3.47. The zero-order valence-corrected chi connectivity index (χ0v) is 12.6. The minimum Gasteiger partial charge on any atom is -0.493 e. The van der Waals surface area contributed by atoms with E-state index in [-0.39, 0.29) is 5.88 Å². The van der Waals surface area contributed by atoms with Crippen molar-refractivity contribution in [3.63, 3.8) is 0 Å². The van der Waals surface area contributed by atoms with Crippen LogP contribution in [0.4, 0.5) is 5.88 Å². The number of benzene rings is 1. The highest BCUT2D eigenvalue weighted by atomic mass is 79.9. The van der Waals surface area contributed by atoms with E-state index < -0.39 is 0 Å². The van der Waals surface area contributed by atoms with Gasteiger partial charge in [0.25, 0.3) is 0 Å². The Balaban J connectivity index is 2.71. The molecule has 0 radical (unpaired) electrons. The Morgan fingerprint density at radius 2 is 1.95 bits per heavy atom. The van der Waals surface area contributed by atoms with E-state index in [4.69, 9.17) is 19.7 Å². The van der Waals surface area contributed by atoms with Crippen LogP contribution in [0.25, 0.3) is 11.3 Å². The molecular formula is C13H15BrN2O3. The van der Waals surface area contributed by atoms with Crippen molar-refractivity contribution >= 4 is 21.8 Å². The summed E-state index contributed by atoms with van der Waals surface area (Å²) in [7, 11) is 3.22. The zero-order valence-electron chi connectivity index (χ0n) is 11.0. The van der Waals surface area contributed by atoms with Gasteiger partial charge in [0.2, 0.25) is 5.88 Å². The van der Waals surface area contributed by atoms with Crippen LogP contribution >= 0.6 is 15.9 Å². The third-order valence-electron chi connectivity index (χ3n) is 2.86. The second kappa shape index (κ2) is 5.52. The Morgan fingerprint density at radius 1 is 1.26 bits per heavy atom. The molecule has 2 rings (SSSR count). The van der Waals surface area contributed by atoms with Crippen LogP contribution < -0.4 is 15.2 Å². The monoisotopic (exact) mass is 326 g/mol. The molecule has 0 saturated carbocycles. The molecule has 2 aromatic rings. The minimum atomic E-state index is 0.281. The van der Waals surface area contributed by atoms with Gasteiger partial charge in [-0.15, -0.1) is 0 Å². The van der Waals surface area contributed by atoms with Gasteiger partial charge in [-0.25, -0.2) is 0 Å². The molecule has 2 N–H and O–H groups in total. The van der Waals surface area contributed by atoms with Crippen LogP contribution in [-0.4, -0.2) is 19.4 Å². The zero-order chi connectivity index (χ0) is 14.0. The molecule has 0 aliphatic carbocycles. The topological polar surface area (TPSA) is 70.5 Å².